The molecule has 0 unspecified atom stereocenters. The van der Waals surface area contributed by atoms with Crippen LogP contribution >= 0.6 is 0 Å². The molecule has 0 spiro atoms. The van der Waals surface area contributed by atoms with Crippen molar-refractivity contribution in [3.8, 4) is 11.5 Å². The number of para-hydroxylation sites is 4. The zero-order valence-corrected chi connectivity index (χ0v) is 25.4. The number of ether oxygens (including phenoxy) is 2. The molecule has 14 heteroatoms. The standard InChI is InChI=1S/C34H24N10O4/c1-47-21-11-7-9-19(17-21)33-34(20-10-8-12-22(18-20)48-2,43-29(39-33)37-27-35-23-13-3-5-15-25(23)41(27)31(43)45)44-30(40-33)38-28-36-24-14-4-6-16-26(24)42(28)32(44)46/h3-18H,1-2H3,(H,35,37,39)(H,36,38,40). The summed E-state index contributed by atoms with van der Waals surface area (Å²) in [6.07, 6.45) is 0. The lowest BCUT2D eigenvalue weighted by molar-refractivity contribution is 0.0404. The molecule has 4 aromatic rings. The van der Waals surface area contributed by atoms with Gasteiger partial charge in [0, 0.05) is 11.1 Å². The molecule has 0 bridgehead atoms. The Labute approximate surface area is 272 Å². The van der Waals surface area contributed by atoms with Crippen LogP contribution in [0.25, 0.3) is 0 Å². The maximum absolute atomic E-state index is 15.2. The first kappa shape index (κ1) is 26.5. The molecular formula is C34H24N10O4. The van der Waals surface area contributed by atoms with Gasteiger partial charge in [-0.3, -0.25) is 0 Å². The van der Waals surface area contributed by atoms with Crippen LogP contribution in [0.2, 0.25) is 0 Å². The van der Waals surface area contributed by atoms with Gasteiger partial charge in [0.15, 0.2) is 0 Å². The third-order valence-electron chi connectivity index (χ3n) is 9.38. The van der Waals surface area contributed by atoms with E-state index in [-0.39, 0.29) is 11.9 Å². The highest BCUT2D eigenvalue weighted by molar-refractivity contribution is 6.36. The molecule has 6 aliphatic rings. The van der Waals surface area contributed by atoms with E-state index in [0.29, 0.717) is 57.3 Å². The fraction of sp³-hybridized carbons (Fsp3) is 0.118. The Morgan fingerprint density at radius 1 is 0.604 bits per heavy atom. The van der Waals surface area contributed by atoms with Gasteiger partial charge in [-0.05, 0) is 48.5 Å². The van der Waals surface area contributed by atoms with E-state index in [1.807, 2.05) is 72.8 Å². The third kappa shape index (κ3) is 3.01. The van der Waals surface area contributed by atoms with Crippen molar-refractivity contribution in [2.24, 2.45) is 20.0 Å². The fourth-order valence-electron chi connectivity index (χ4n) is 7.40. The van der Waals surface area contributed by atoms with Gasteiger partial charge in [0.1, 0.15) is 11.5 Å². The highest BCUT2D eigenvalue weighted by Crippen LogP contribution is 2.61. The Balaban J connectivity index is 1.30. The van der Waals surface area contributed by atoms with E-state index in [1.165, 1.54) is 19.6 Å². The highest BCUT2D eigenvalue weighted by atomic mass is 16.5. The average molecular weight is 637 g/mol. The van der Waals surface area contributed by atoms with Crippen LogP contribution in [0.5, 0.6) is 11.5 Å². The Hall–Kier alpha value is -6.70. The first-order valence-corrected chi connectivity index (χ1v) is 15.2. The molecule has 6 heterocycles. The molecule has 0 radical (unpaired) electrons. The number of nitrogens with one attached hydrogen (secondary N) is 2. The molecule has 4 amide bonds. The first-order chi connectivity index (χ1) is 23.5. The quantitative estimate of drug-likeness (QED) is 0.327. The Bertz CT molecular complexity index is 2170. The number of anilines is 4. The number of rotatable bonds is 4. The summed E-state index contributed by atoms with van der Waals surface area (Å²) in [4.78, 5) is 56.5. The van der Waals surface area contributed by atoms with E-state index in [2.05, 4.69) is 10.6 Å². The summed E-state index contributed by atoms with van der Waals surface area (Å²) < 4.78 is 11.3. The summed E-state index contributed by atoms with van der Waals surface area (Å²) in [6.45, 7) is 0. The average Bonchev–Trinajstić information content (AvgIpc) is 3.83. The molecule has 4 aromatic carbocycles. The maximum Gasteiger partial charge on any atom is 0.340 e. The Morgan fingerprint density at radius 3 is 1.60 bits per heavy atom. The predicted molar refractivity (Wildman–Crippen MR) is 179 cm³/mol. The van der Waals surface area contributed by atoms with Gasteiger partial charge in [0.25, 0.3) is 0 Å². The summed E-state index contributed by atoms with van der Waals surface area (Å²) in [5, 5.41) is 6.49. The second-order valence-corrected chi connectivity index (χ2v) is 11.7. The molecular weight excluding hydrogens is 612 g/mol. The van der Waals surface area contributed by atoms with E-state index in [1.54, 1.807) is 38.5 Å². The van der Waals surface area contributed by atoms with Gasteiger partial charge >= 0.3 is 12.1 Å². The van der Waals surface area contributed by atoms with Gasteiger partial charge in [-0.2, -0.15) is 9.98 Å². The van der Waals surface area contributed by atoms with E-state index in [0.717, 1.165) is 0 Å². The van der Waals surface area contributed by atoms with E-state index >= 15 is 9.59 Å². The minimum atomic E-state index is -1.79. The summed E-state index contributed by atoms with van der Waals surface area (Å²) in [7, 11) is 3.13. The third-order valence-corrected chi connectivity index (χ3v) is 9.38. The van der Waals surface area contributed by atoms with Crippen molar-refractivity contribution < 1.29 is 19.1 Å². The van der Waals surface area contributed by atoms with Gasteiger partial charge < -0.3 is 20.1 Å². The fourth-order valence-corrected chi connectivity index (χ4v) is 7.40. The number of methoxy groups -OCH3 is 2. The van der Waals surface area contributed by atoms with E-state index in [4.69, 9.17) is 29.4 Å². The molecule has 6 aliphatic heterocycles. The maximum atomic E-state index is 15.2. The number of amides is 4. The monoisotopic (exact) mass is 636 g/mol. The van der Waals surface area contributed by atoms with Crippen molar-refractivity contribution in [3.05, 3.63) is 108 Å². The van der Waals surface area contributed by atoms with Crippen LogP contribution in [0.1, 0.15) is 11.1 Å². The number of benzene rings is 4. The number of nitrogens with zero attached hydrogens (tertiary/aromatic N) is 8. The predicted octanol–water partition coefficient (Wildman–Crippen LogP) is 4.90. The van der Waals surface area contributed by atoms with Crippen LogP contribution in [0, 0.1) is 0 Å². The second-order valence-electron chi connectivity index (χ2n) is 11.7. The van der Waals surface area contributed by atoms with E-state index < -0.39 is 23.4 Å². The number of hydrogen-bond acceptors (Lipinski definition) is 10. The lowest BCUT2D eigenvalue weighted by Gasteiger charge is -2.49. The van der Waals surface area contributed by atoms with Gasteiger partial charge in [-0.1, -0.05) is 48.5 Å². The van der Waals surface area contributed by atoms with Crippen molar-refractivity contribution in [2.45, 2.75) is 11.3 Å². The summed E-state index contributed by atoms with van der Waals surface area (Å²) in [6, 6.07) is 28.4. The smallest absolute Gasteiger partial charge is 0.340 e. The van der Waals surface area contributed by atoms with Crippen LogP contribution in [-0.2, 0) is 11.3 Å². The molecule has 0 saturated carbocycles. The number of hydrogen-bond donors (Lipinski definition) is 2. The molecule has 0 fully saturated rings. The van der Waals surface area contributed by atoms with Gasteiger partial charge in [-0.25, -0.2) is 39.2 Å². The van der Waals surface area contributed by atoms with Crippen molar-refractivity contribution >= 4 is 58.6 Å². The molecule has 0 saturated heterocycles. The Kier molecular flexibility index (Phi) is 4.95. The largest absolute Gasteiger partial charge is 0.497 e. The second kappa shape index (κ2) is 8.97. The molecule has 14 nitrogen and oxygen atoms in total. The molecule has 0 aliphatic carbocycles. The molecule has 234 valence electrons. The van der Waals surface area contributed by atoms with Crippen LogP contribution < -0.4 is 29.9 Å². The van der Waals surface area contributed by atoms with Crippen LogP contribution in [0.3, 0.4) is 0 Å². The number of urea groups is 2. The number of fused-ring (bicyclic) bond motifs is 11. The lowest BCUT2D eigenvalue weighted by atomic mass is 9.80. The zero-order valence-electron chi connectivity index (χ0n) is 25.4. The molecule has 0 aromatic heterocycles. The summed E-state index contributed by atoms with van der Waals surface area (Å²) >= 11 is 0. The Morgan fingerprint density at radius 2 is 1.08 bits per heavy atom. The number of guanidine groups is 4. The van der Waals surface area contributed by atoms with Gasteiger partial charge in [-0.15, -0.1) is 0 Å². The minimum Gasteiger partial charge on any atom is -0.497 e. The summed E-state index contributed by atoms with van der Waals surface area (Å²) in [5.41, 5.74) is 0.241. The first-order valence-electron chi connectivity index (χ1n) is 15.2. The van der Waals surface area contributed by atoms with Crippen molar-refractivity contribution in [2.75, 3.05) is 34.7 Å². The number of aliphatic imine (C=N–C) groups is 4. The van der Waals surface area contributed by atoms with Gasteiger partial charge in [0.05, 0.1) is 37.0 Å². The topological polar surface area (TPSA) is 139 Å². The van der Waals surface area contributed by atoms with Gasteiger partial charge in [0.2, 0.25) is 35.2 Å². The van der Waals surface area contributed by atoms with Crippen molar-refractivity contribution in [3.63, 3.8) is 0 Å². The zero-order chi connectivity index (χ0) is 32.4. The van der Waals surface area contributed by atoms with Crippen molar-refractivity contribution in [1.29, 1.82) is 0 Å². The number of carbonyl (C=O) groups excluding carboxylic acids is 2. The highest BCUT2D eigenvalue weighted by Gasteiger charge is 2.76. The lowest BCUT2D eigenvalue weighted by Crippen LogP contribution is -2.71. The molecule has 0 atom stereocenters. The minimum absolute atomic E-state index is 0.0718. The SMILES string of the molecule is COc1cccc(C23N=C4N=C5Nc6ccccc6N5C(=O)N4C2(c2cccc(OC)c2)N2C(=O)N4C(=NC2=N3)Nc2ccccc24)c1. The molecule has 2 N–H and O–H groups in total. The number of carbonyl (C=O) groups is 2. The molecule has 10 rings (SSSR count). The summed E-state index contributed by atoms with van der Waals surface area (Å²) in [5.74, 6) is 1.78. The van der Waals surface area contributed by atoms with E-state index in [9.17, 15) is 0 Å². The van der Waals surface area contributed by atoms with Crippen molar-refractivity contribution in [1.82, 2.24) is 9.80 Å². The molecule has 48 heavy (non-hydrogen) atoms. The normalized spacial score (nSPS) is 23.7. The van der Waals surface area contributed by atoms with Crippen LogP contribution in [0.15, 0.2) is 117 Å². The van der Waals surface area contributed by atoms with Crippen LogP contribution in [-0.4, -0.2) is 59.9 Å². The van der Waals surface area contributed by atoms with Crippen LogP contribution in [0.4, 0.5) is 32.3 Å².